The highest BCUT2D eigenvalue weighted by Gasteiger charge is 2.69. The van der Waals surface area contributed by atoms with E-state index in [0.717, 1.165) is 0 Å². The third kappa shape index (κ3) is 3.56. The number of hydrogen-bond acceptors (Lipinski definition) is 5. The second-order valence-electron chi connectivity index (χ2n) is 7.43. The number of ether oxygens (including phenoxy) is 1. The fourth-order valence-electron chi connectivity index (χ4n) is 3.98. The summed E-state index contributed by atoms with van der Waals surface area (Å²) in [7, 11) is 0. The molecule has 7 nitrogen and oxygen atoms in total. The molecule has 0 aliphatic heterocycles. The summed E-state index contributed by atoms with van der Waals surface area (Å²) >= 11 is 11.8. The fraction of sp³-hybridized carbons (Fsp3) is 0.421. The van der Waals surface area contributed by atoms with Crippen LogP contribution in [0.15, 0.2) is 28.8 Å². The van der Waals surface area contributed by atoms with Crippen LogP contribution in [-0.4, -0.2) is 34.5 Å². The van der Waals surface area contributed by atoms with Crippen LogP contribution in [-0.2, 0) is 11.2 Å². The summed E-state index contributed by atoms with van der Waals surface area (Å²) < 4.78 is 10.8. The highest BCUT2D eigenvalue weighted by Crippen LogP contribution is 2.60. The zero-order valence-electron chi connectivity index (χ0n) is 15.2. The lowest BCUT2D eigenvalue weighted by molar-refractivity contribution is -0.141. The predicted molar refractivity (Wildman–Crippen MR) is 103 cm³/mol. The fourth-order valence-corrected chi connectivity index (χ4v) is 4.27. The van der Waals surface area contributed by atoms with Gasteiger partial charge in [0.2, 0.25) is 5.76 Å². The van der Waals surface area contributed by atoms with Gasteiger partial charge in [0.05, 0.1) is 16.2 Å². The number of amides is 2. The Hall–Kier alpha value is -2.25. The van der Waals surface area contributed by atoms with E-state index >= 15 is 0 Å². The molecule has 1 aromatic heterocycles. The number of oxazole rings is 1. The average molecular weight is 424 g/mol. The van der Waals surface area contributed by atoms with E-state index in [1.807, 2.05) is 6.92 Å². The van der Waals surface area contributed by atoms with Gasteiger partial charge in [-0.1, -0.05) is 30.1 Å². The van der Waals surface area contributed by atoms with Crippen molar-refractivity contribution >= 4 is 35.0 Å². The monoisotopic (exact) mass is 423 g/mol. The van der Waals surface area contributed by atoms with Crippen LogP contribution in [0.4, 0.5) is 0 Å². The summed E-state index contributed by atoms with van der Waals surface area (Å²) in [5.41, 5.74) is -0.532. The predicted octanol–water partition coefficient (Wildman–Crippen LogP) is 3.14. The molecule has 3 aliphatic rings. The maximum absolute atomic E-state index is 12.3. The first-order chi connectivity index (χ1) is 13.3. The average Bonchev–Trinajstić information content (AvgIpc) is 3.09. The molecule has 1 heterocycles. The second-order valence-corrected chi connectivity index (χ2v) is 8.24. The van der Waals surface area contributed by atoms with Crippen LogP contribution in [0.1, 0.15) is 42.6 Å². The molecule has 0 radical (unpaired) electrons. The molecule has 3 saturated carbocycles. The second kappa shape index (κ2) is 6.97. The Kier molecular flexibility index (Phi) is 4.75. The Morgan fingerprint density at radius 1 is 1.18 bits per heavy atom. The topological polar surface area (TPSA) is 93.5 Å². The van der Waals surface area contributed by atoms with Crippen LogP contribution >= 0.6 is 23.2 Å². The molecule has 148 valence electrons. The first-order valence-corrected chi connectivity index (χ1v) is 9.74. The van der Waals surface area contributed by atoms with E-state index in [-0.39, 0.29) is 35.3 Å². The smallest absolute Gasteiger partial charge is 0.289 e. The maximum atomic E-state index is 12.3. The molecule has 5 rings (SSSR count). The van der Waals surface area contributed by atoms with Crippen LogP contribution in [0.25, 0.3) is 0 Å². The summed E-state index contributed by atoms with van der Waals surface area (Å²) in [5.74, 6) is 0.746. The maximum Gasteiger partial charge on any atom is 0.289 e. The standard InChI is InChI=1S/C19H19Cl2N3O4/c1-2-16-22-6-14(28-16)17(26)24-19-8-18(9-19,10-19)23-15(25)7-27-11-3-4-12(20)13(21)5-11/h3-6H,2,7-10H2,1H3,(H,23,25)(H,24,26). The largest absolute Gasteiger partial charge is 0.484 e. The SMILES string of the molecule is CCc1ncc(C(=O)NC23CC(NC(=O)COc4ccc(Cl)c(Cl)c4)(C2)C3)o1. The zero-order valence-corrected chi connectivity index (χ0v) is 16.7. The van der Waals surface area contributed by atoms with Crippen molar-refractivity contribution in [2.75, 3.05) is 6.61 Å². The highest BCUT2D eigenvalue weighted by molar-refractivity contribution is 6.42. The summed E-state index contributed by atoms with van der Waals surface area (Å²) in [4.78, 5) is 28.5. The normalized spacial score (nSPS) is 24.7. The van der Waals surface area contributed by atoms with Gasteiger partial charge >= 0.3 is 0 Å². The van der Waals surface area contributed by atoms with Gasteiger partial charge in [-0.15, -0.1) is 0 Å². The van der Waals surface area contributed by atoms with Gasteiger partial charge in [-0.2, -0.15) is 0 Å². The van der Waals surface area contributed by atoms with Gasteiger partial charge in [-0.3, -0.25) is 9.59 Å². The molecule has 2 bridgehead atoms. The summed E-state index contributed by atoms with van der Waals surface area (Å²) in [6.45, 7) is 1.79. The summed E-state index contributed by atoms with van der Waals surface area (Å²) in [6.07, 6.45) is 4.16. The molecule has 0 spiro atoms. The molecule has 1 aromatic carbocycles. The van der Waals surface area contributed by atoms with Crippen LogP contribution in [0.2, 0.25) is 10.0 Å². The first-order valence-electron chi connectivity index (χ1n) is 8.98. The number of hydrogen-bond donors (Lipinski definition) is 2. The van der Waals surface area contributed by atoms with Crippen LogP contribution in [0.3, 0.4) is 0 Å². The van der Waals surface area contributed by atoms with Gasteiger partial charge in [-0.05, 0) is 31.4 Å². The first kappa shape index (κ1) is 19.1. The number of aryl methyl sites for hydroxylation is 1. The van der Waals surface area contributed by atoms with Gasteiger partial charge in [0.25, 0.3) is 11.8 Å². The minimum Gasteiger partial charge on any atom is -0.484 e. The molecule has 0 atom stereocenters. The molecular weight excluding hydrogens is 405 g/mol. The van der Waals surface area contributed by atoms with Crippen molar-refractivity contribution in [2.45, 2.75) is 43.7 Å². The van der Waals surface area contributed by atoms with E-state index in [1.165, 1.54) is 6.20 Å². The number of rotatable bonds is 7. The zero-order chi connectivity index (χ0) is 19.9. The van der Waals surface area contributed by atoms with Gasteiger partial charge in [0, 0.05) is 23.6 Å². The Bertz CT molecular complexity index is 923. The van der Waals surface area contributed by atoms with Crippen molar-refractivity contribution < 1.29 is 18.7 Å². The minimum absolute atomic E-state index is 0.114. The molecule has 28 heavy (non-hydrogen) atoms. The summed E-state index contributed by atoms with van der Waals surface area (Å²) in [6, 6.07) is 4.83. The summed E-state index contributed by atoms with van der Waals surface area (Å²) in [5, 5.41) is 6.79. The van der Waals surface area contributed by atoms with Crippen molar-refractivity contribution in [1.29, 1.82) is 0 Å². The number of carbonyl (C=O) groups excluding carboxylic acids is 2. The number of carbonyl (C=O) groups is 2. The molecule has 9 heteroatoms. The third-order valence-corrected chi connectivity index (χ3v) is 5.89. The van der Waals surface area contributed by atoms with E-state index in [0.29, 0.717) is 47.4 Å². The molecule has 3 fully saturated rings. The number of benzene rings is 1. The number of nitrogens with one attached hydrogen (secondary N) is 2. The molecule has 2 amide bonds. The van der Waals surface area contributed by atoms with Crippen molar-refractivity contribution in [2.24, 2.45) is 0 Å². The van der Waals surface area contributed by atoms with Gasteiger partial charge in [0.1, 0.15) is 5.75 Å². The molecular formula is C19H19Cl2N3O4. The quantitative estimate of drug-likeness (QED) is 0.713. The van der Waals surface area contributed by atoms with E-state index in [1.54, 1.807) is 18.2 Å². The van der Waals surface area contributed by atoms with Crippen LogP contribution < -0.4 is 15.4 Å². The van der Waals surface area contributed by atoms with Crippen molar-refractivity contribution in [3.05, 3.63) is 46.1 Å². The van der Waals surface area contributed by atoms with Crippen LogP contribution in [0.5, 0.6) is 5.75 Å². The lowest BCUT2D eigenvalue weighted by atomic mass is 9.44. The molecule has 2 aromatic rings. The third-order valence-electron chi connectivity index (χ3n) is 5.15. The molecule has 3 aliphatic carbocycles. The van der Waals surface area contributed by atoms with Gasteiger partial charge in [-0.25, -0.2) is 4.98 Å². The lowest BCUT2D eigenvalue weighted by Crippen LogP contribution is -2.84. The molecule has 0 saturated heterocycles. The van der Waals surface area contributed by atoms with E-state index in [9.17, 15) is 9.59 Å². The highest BCUT2D eigenvalue weighted by atomic mass is 35.5. The number of aromatic nitrogens is 1. The number of halogens is 2. The lowest BCUT2D eigenvalue weighted by Gasteiger charge is -2.70. The van der Waals surface area contributed by atoms with E-state index in [4.69, 9.17) is 32.4 Å². The van der Waals surface area contributed by atoms with Crippen molar-refractivity contribution in [3.63, 3.8) is 0 Å². The van der Waals surface area contributed by atoms with Crippen LogP contribution in [0, 0.1) is 0 Å². The Morgan fingerprint density at radius 3 is 2.54 bits per heavy atom. The minimum atomic E-state index is -0.270. The Balaban J connectivity index is 1.23. The van der Waals surface area contributed by atoms with Crippen molar-refractivity contribution in [3.8, 4) is 5.75 Å². The Morgan fingerprint density at radius 2 is 1.89 bits per heavy atom. The molecule has 0 unspecified atom stereocenters. The number of nitrogens with zero attached hydrogens (tertiary/aromatic N) is 1. The van der Waals surface area contributed by atoms with Gasteiger partial charge in [0.15, 0.2) is 12.5 Å². The van der Waals surface area contributed by atoms with E-state index < -0.39 is 0 Å². The van der Waals surface area contributed by atoms with Gasteiger partial charge < -0.3 is 19.8 Å². The van der Waals surface area contributed by atoms with Crippen molar-refractivity contribution in [1.82, 2.24) is 15.6 Å². The van der Waals surface area contributed by atoms with E-state index in [2.05, 4.69) is 15.6 Å². The Labute approximate surface area is 171 Å². The molecule has 2 N–H and O–H groups in total.